The lowest BCUT2D eigenvalue weighted by atomic mass is 9.67. The van der Waals surface area contributed by atoms with Crippen LogP contribution in [0.25, 0.3) is 45.4 Å². The van der Waals surface area contributed by atoms with Crippen molar-refractivity contribution in [1.82, 2.24) is 0 Å². The molecule has 2 aliphatic carbocycles. The summed E-state index contributed by atoms with van der Waals surface area (Å²) < 4.78 is 6.21. The summed E-state index contributed by atoms with van der Waals surface area (Å²) in [5.74, 6) is 0. The van der Waals surface area contributed by atoms with Crippen LogP contribution in [0.1, 0.15) is 35.1 Å². The molecule has 0 N–H and O–H groups in total. The first-order valence-electron chi connectivity index (χ1n) is 18.3. The largest absolute Gasteiger partial charge is 0.456 e. The Hall–Kier alpha value is -6.71. The van der Waals surface area contributed by atoms with Gasteiger partial charge in [-0.25, -0.2) is 0 Å². The highest BCUT2D eigenvalue weighted by Gasteiger charge is 2.46. The zero-order valence-corrected chi connectivity index (χ0v) is 29.1. The molecule has 0 unspecified atom stereocenters. The maximum absolute atomic E-state index is 13.7. The number of para-hydroxylation sites is 2. The summed E-state index contributed by atoms with van der Waals surface area (Å²) in [6.07, 6.45) is 5.78. The normalized spacial score (nSPS) is 13.7. The average molecular weight is 682 g/mol. The third-order valence-electron chi connectivity index (χ3n) is 11.0. The van der Waals surface area contributed by atoms with Gasteiger partial charge in [-0.1, -0.05) is 127 Å². The van der Waals surface area contributed by atoms with Crippen molar-refractivity contribution < 1.29 is 4.42 Å². The highest BCUT2D eigenvalue weighted by atomic mass is 16.3. The van der Waals surface area contributed by atoms with E-state index in [9.17, 15) is 4.79 Å². The highest BCUT2D eigenvalue weighted by Crippen LogP contribution is 2.57. The van der Waals surface area contributed by atoms with Crippen LogP contribution in [0.2, 0.25) is 0 Å². The van der Waals surface area contributed by atoms with Gasteiger partial charge >= 0.3 is 0 Å². The molecule has 53 heavy (non-hydrogen) atoms. The van der Waals surface area contributed by atoms with Crippen LogP contribution in [-0.2, 0) is 5.41 Å². The van der Waals surface area contributed by atoms with Crippen molar-refractivity contribution in [2.45, 2.75) is 18.3 Å². The van der Waals surface area contributed by atoms with Crippen LogP contribution in [0.3, 0.4) is 0 Å². The Kier molecular flexibility index (Phi) is 7.33. The van der Waals surface area contributed by atoms with E-state index in [-0.39, 0.29) is 5.43 Å². The highest BCUT2D eigenvalue weighted by molar-refractivity contribution is 5.92. The summed E-state index contributed by atoms with van der Waals surface area (Å²) in [6.45, 7) is 0. The van der Waals surface area contributed by atoms with Gasteiger partial charge in [0.2, 0.25) is 0 Å². The molecule has 7 aromatic carbocycles. The van der Waals surface area contributed by atoms with Crippen LogP contribution in [0.5, 0.6) is 0 Å². The number of fused-ring (bicyclic) bond motifs is 5. The molecular weight excluding hydrogens is 647 g/mol. The molecule has 3 nitrogen and oxygen atoms in total. The minimum Gasteiger partial charge on any atom is -0.456 e. The van der Waals surface area contributed by atoms with E-state index in [0.717, 1.165) is 41.0 Å². The summed E-state index contributed by atoms with van der Waals surface area (Å²) in [5.41, 5.74) is 13.4. The number of hydrogen-bond acceptors (Lipinski definition) is 3. The van der Waals surface area contributed by atoms with Crippen LogP contribution < -0.4 is 21.0 Å². The SMILES string of the molecule is O=c1c2c(oc3ccc(-c4ccc5c(c4)-c4ccc(N(c6ccccc6)c6ccccc6)cc4C5(c4ccccc4)c4ccccc4)cc13)=CCCC=2. The molecule has 3 heteroatoms. The minimum absolute atomic E-state index is 0.0339. The number of hydrogen-bond donors (Lipinski definition) is 0. The molecule has 0 fully saturated rings. The quantitative estimate of drug-likeness (QED) is 0.175. The average Bonchev–Trinajstić information content (AvgIpc) is 3.52. The summed E-state index contributed by atoms with van der Waals surface area (Å²) in [5, 5.41) is 1.29. The summed E-state index contributed by atoms with van der Waals surface area (Å²) >= 11 is 0. The first-order valence-corrected chi connectivity index (χ1v) is 18.3. The molecule has 2 aliphatic rings. The van der Waals surface area contributed by atoms with Crippen LogP contribution >= 0.6 is 0 Å². The van der Waals surface area contributed by atoms with E-state index in [1.165, 1.54) is 33.4 Å². The van der Waals surface area contributed by atoms with Crippen molar-refractivity contribution in [3.05, 3.63) is 219 Å². The first kappa shape index (κ1) is 31.1. The maximum atomic E-state index is 13.7. The molecule has 0 spiro atoms. The van der Waals surface area contributed by atoms with Crippen molar-refractivity contribution >= 4 is 40.2 Å². The summed E-state index contributed by atoms with van der Waals surface area (Å²) in [6, 6.07) is 62.8. The molecule has 0 amide bonds. The maximum Gasteiger partial charge on any atom is 0.200 e. The van der Waals surface area contributed by atoms with Gasteiger partial charge in [-0.3, -0.25) is 4.79 Å². The van der Waals surface area contributed by atoms with Gasteiger partial charge in [0.05, 0.1) is 16.0 Å². The van der Waals surface area contributed by atoms with Gasteiger partial charge in [-0.15, -0.1) is 0 Å². The Morgan fingerprint density at radius 1 is 0.491 bits per heavy atom. The topological polar surface area (TPSA) is 33.5 Å². The zero-order valence-electron chi connectivity index (χ0n) is 29.1. The predicted molar refractivity (Wildman–Crippen MR) is 217 cm³/mol. The van der Waals surface area contributed by atoms with Gasteiger partial charge in [0.1, 0.15) is 11.0 Å². The van der Waals surface area contributed by atoms with Crippen LogP contribution in [0.4, 0.5) is 17.1 Å². The lowest BCUT2D eigenvalue weighted by Gasteiger charge is -2.35. The Labute approximate surface area is 308 Å². The standard InChI is InChI=1S/C50H35NO2/c52-49-42-23-13-14-24-47(42)53-48-30-26-35(32-44(48)49)34-25-29-45-43(31-34)41-28-27-40(51(38-19-9-3-10-20-38)39-21-11-4-12-22-39)33-46(41)50(45,36-15-5-1-6-16-36)37-17-7-2-8-18-37/h1-12,15-33H,13-14H2. The molecule has 1 aromatic heterocycles. The molecule has 0 bridgehead atoms. The lowest BCUT2D eigenvalue weighted by molar-refractivity contribution is 0.554. The summed E-state index contributed by atoms with van der Waals surface area (Å²) in [4.78, 5) is 16.0. The van der Waals surface area contributed by atoms with E-state index in [1.807, 2.05) is 24.3 Å². The number of nitrogens with zero attached hydrogens (tertiary/aromatic N) is 1. The first-order chi connectivity index (χ1) is 26.2. The fourth-order valence-corrected chi connectivity index (χ4v) is 8.59. The molecule has 0 radical (unpaired) electrons. The van der Waals surface area contributed by atoms with Gasteiger partial charge in [-0.2, -0.15) is 0 Å². The van der Waals surface area contributed by atoms with Crippen LogP contribution in [0, 0.1) is 0 Å². The van der Waals surface area contributed by atoms with E-state index in [2.05, 4.69) is 169 Å². The lowest BCUT2D eigenvalue weighted by Crippen LogP contribution is -2.39. The minimum atomic E-state index is -0.573. The van der Waals surface area contributed by atoms with Crippen molar-refractivity contribution in [3.63, 3.8) is 0 Å². The summed E-state index contributed by atoms with van der Waals surface area (Å²) in [7, 11) is 0. The van der Waals surface area contributed by atoms with Crippen molar-refractivity contribution in [2.24, 2.45) is 0 Å². The Morgan fingerprint density at radius 2 is 1.08 bits per heavy atom. The monoisotopic (exact) mass is 681 g/mol. The molecule has 10 rings (SSSR count). The van der Waals surface area contributed by atoms with Gasteiger partial charge in [0.25, 0.3) is 0 Å². The number of anilines is 3. The second kappa shape index (κ2) is 12.5. The third kappa shape index (κ3) is 4.92. The molecule has 0 aliphatic heterocycles. The Balaban J connectivity index is 1.23. The van der Waals surface area contributed by atoms with Crippen molar-refractivity contribution in [2.75, 3.05) is 4.90 Å². The van der Waals surface area contributed by atoms with E-state index < -0.39 is 5.41 Å². The Morgan fingerprint density at radius 3 is 1.74 bits per heavy atom. The van der Waals surface area contributed by atoms with Gasteiger partial charge in [0.15, 0.2) is 5.43 Å². The second-order valence-corrected chi connectivity index (χ2v) is 13.9. The molecule has 8 aromatic rings. The smallest absolute Gasteiger partial charge is 0.200 e. The Bertz CT molecular complexity index is 2760. The molecular formula is C50H35NO2. The van der Waals surface area contributed by atoms with Crippen LogP contribution in [-0.4, -0.2) is 0 Å². The van der Waals surface area contributed by atoms with Crippen molar-refractivity contribution in [3.8, 4) is 22.3 Å². The number of rotatable bonds is 6. The molecule has 0 saturated carbocycles. The molecule has 252 valence electrons. The predicted octanol–water partition coefficient (Wildman–Crippen LogP) is 10.6. The van der Waals surface area contributed by atoms with E-state index >= 15 is 0 Å². The number of benzene rings is 7. The van der Waals surface area contributed by atoms with Gasteiger partial charge in [0, 0.05) is 17.1 Å². The zero-order chi connectivity index (χ0) is 35.4. The fourth-order valence-electron chi connectivity index (χ4n) is 8.59. The molecule has 1 heterocycles. The van der Waals surface area contributed by atoms with Crippen LogP contribution in [0.15, 0.2) is 185 Å². The van der Waals surface area contributed by atoms with E-state index in [4.69, 9.17) is 4.42 Å². The van der Waals surface area contributed by atoms with E-state index in [1.54, 1.807) is 0 Å². The molecule has 0 saturated heterocycles. The molecule has 0 atom stereocenters. The van der Waals surface area contributed by atoms with Crippen molar-refractivity contribution in [1.29, 1.82) is 0 Å². The second-order valence-electron chi connectivity index (χ2n) is 13.9. The fraction of sp³-hybridized carbons (Fsp3) is 0.0600. The van der Waals surface area contributed by atoms with Gasteiger partial charge < -0.3 is 9.32 Å². The third-order valence-corrected chi connectivity index (χ3v) is 11.0. The van der Waals surface area contributed by atoms with E-state index in [0.29, 0.717) is 21.6 Å². The van der Waals surface area contributed by atoms with Gasteiger partial charge in [-0.05, 0) is 118 Å².